The molecule has 3 rings (SSSR count). The van der Waals surface area contributed by atoms with E-state index in [1.165, 1.54) is 11.1 Å². The second kappa shape index (κ2) is 7.54. The van der Waals surface area contributed by atoms with Crippen molar-refractivity contribution in [3.8, 4) is 0 Å². The number of hydrogen-bond donors (Lipinski definition) is 2. The monoisotopic (exact) mass is 296 g/mol. The van der Waals surface area contributed by atoms with E-state index in [4.69, 9.17) is 10.6 Å². The van der Waals surface area contributed by atoms with Crippen LogP contribution < -0.4 is 11.2 Å². The summed E-state index contributed by atoms with van der Waals surface area (Å²) < 4.78 is 0. The normalized spacial score (nSPS) is 23.1. The van der Waals surface area contributed by atoms with E-state index in [1.54, 1.807) is 0 Å². The van der Waals surface area contributed by atoms with E-state index in [0.29, 0.717) is 5.92 Å². The minimum absolute atomic E-state index is 0.0217. The molecule has 0 amide bonds. The van der Waals surface area contributed by atoms with Gasteiger partial charge in [-0.3, -0.25) is 4.84 Å². The Morgan fingerprint density at radius 2 is 1.64 bits per heavy atom. The Kier molecular flexibility index (Phi) is 5.22. The number of rotatable bonds is 5. The fourth-order valence-electron chi connectivity index (χ4n) is 3.12. The van der Waals surface area contributed by atoms with Gasteiger partial charge in [0.1, 0.15) is 0 Å². The van der Waals surface area contributed by atoms with Gasteiger partial charge in [0.2, 0.25) is 0 Å². The van der Waals surface area contributed by atoms with Gasteiger partial charge in [-0.05, 0) is 36.3 Å². The van der Waals surface area contributed by atoms with E-state index in [0.717, 1.165) is 25.8 Å². The lowest BCUT2D eigenvalue weighted by atomic mass is 9.89. The Hall–Kier alpha value is -1.68. The highest BCUT2D eigenvalue weighted by molar-refractivity contribution is 5.17. The maximum atomic E-state index is 6.37. The Morgan fingerprint density at radius 3 is 2.32 bits per heavy atom. The molecule has 2 aromatic rings. The summed E-state index contributed by atoms with van der Waals surface area (Å²) in [6, 6.07) is 21.0. The zero-order valence-electron chi connectivity index (χ0n) is 12.8. The molecule has 22 heavy (non-hydrogen) atoms. The van der Waals surface area contributed by atoms with Gasteiger partial charge < -0.3 is 5.73 Å². The van der Waals surface area contributed by atoms with Crippen molar-refractivity contribution < 1.29 is 4.84 Å². The van der Waals surface area contributed by atoms with E-state index >= 15 is 0 Å². The van der Waals surface area contributed by atoms with Crippen LogP contribution in [0.5, 0.6) is 0 Å². The molecule has 1 aliphatic heterocycles. The number of nitrogens with two attached hydrogens (primary N) is 1. The summed E-state index contributed by atoms with van der Waals surface area (Å²) in [4.78, 5) is 5.70. The average molecular weight is 296 g/mol. The third kappa shape index (κ3) is 4.17. The number of hydroxylamine groups is 1. The number of hydrogen-bond acceptors (Lipinski definition) is 3. The minimum Gasteiger partial charge on any atom is -0.325 e. The van der Waals surface area contributed by atoms with E-state index in [-0.39, 0.29) is 12.1 Å². The molecule has 1 unspecified atom stereocenters. The van der Waals surface area contributed by atoms with Crippen LogP contribution in [0.25, 0.3) is 0 Å². The molecule has 0 bridgehead atoms. The molecule has 3 atom stereocenters. The highest BCUT2D eigenvalue weighted by Crippen LogP contribution is 2.21. The summed E-state index contributed by atoms with van der Waals surface area (Å²) in [6.45, 7) is 0.892. The second-order valence-electron chi connectivity index (χ2n) is 6.15. The highest BCUT2D eigenvalue weighted by Gasteiger charge is 2.27. The van der Waals surface area contributed by atoms with Gasteiger partial charge in [0, 0.05) is 12.6 Å². The van der Waals surface area contributed by atoms with Crippen LogP contribution >= 0.6 is 0 Å². The first-order chi connectivity index (χ1) is 10.8. The number of nitrogens with one attached hydrogen (secondary N) is 1. The van der Waals surface area contributed by atoms with Crippen LogP contribution in [-0.2, 0) is 17.7 Å². The van der Waals surface area contributed by atoms with Crippen molar-refractivity contribution in [3.63, 3.8) is 0 Å². The smallest absolute Gasteiger partial charge is 0.0947 e. The predicted molar refractivity (Wildman–Crippen MR) is 89.3 cm³/mol. The minimum atomic E-state index is 0.0217. The summed E-state index contributed by atoms with van der Waals surface area (Å²) in [5, 5.41) is 0. The molecule has 0 aliphatic carbocycles. The average Bonchev–Trinajstić information content (AvgIpc) is 2.57. The van der Waals surface area contributed by atoms with Gasteiger partial charge in [0.25, 0.3) is 0 Å². The Morgan fingerprint density at radius 1 is 1.00 bits per heavy atom. The molecule has 0 radical (unpaired) electrons. The lowest BCUT2D eigenvalue weighted by Gasteiger charge is -2.33. The zero-order chi connectivity index (χ0) is 15.2. The van der Waals surface area contributed by atoms with Crippen LogP contribution in [0.15, 0.2) is 60.7 Å². The summed E-state index contributed by atoms with van der Waals surface area (Å²) in [5.41, 5.74) is 12.1. The summed E-state index contributed by atoms with van der Waals surface area (Å²) in [7, 11) is 0. The molecule has 3 nitrogen and oxygen atoms in total. The van der Waals surface area contributed by atoms with E-state index in [1.807, 2.05) is 6.07 Å². The fraction of sp³-hybridized carbons (Fsp3) is 0.368. The van der Waals surface area contributed by atoms with Gasteiger partial charge in [0.05, 0.1) is 6.10 Å². The second-order valence-corrected chi connectivity index (χ2v) is 6.15. The molecule has 3 N–H and O–H groups in total. The van der Waals surface area contributed by atoms with E-state index in [2.05, 4.69) is 60.1 Å². The lowest BCUT2D eigenvalue weighted by molar-refractivity contribution is -0.0849. The van der Waals surface area contributed by atoms with Gasteiger partial charge in [-0.2, -0.15) is 0 Å². The predicted octanol–water partition coefficient (Wildman–Crippen LogP) is 2.71. The summed E-state index contributed by atoms with van der Waals surface area (Å²) in [6.07, 6.45) is 3.01. The fourth-order valence-corrected chi connectivity index (χ4v) is 3.12. The largest absolute Gasteiger partial charge is 0.325 e. The van der Waals surface area contributed by atoms with Crippen LogP contribution in [0.3, 0.4) is 0 Å². The van der Waals surface area contributed by atoms with Crippen LogP contribution in [0.1, 0.15) is 17.5 Å². The molecule has 1 heterocycles. The number of benzene rings is 2. The summed E-state index contributed by atoms with van der Waals surface area (Å²) in [5.74, 6) is 0.572. The van der Waals surface area contributed by atoms with Gasteiger partial charge in [-0.1, -0.05) is 60.7 Å². The maximum absolute atomic E-state index is 6.37. The Bertz CT molecular complexity index is 519. The van der Waals surface area contributed by atoms with Crippen molar-refractivity contribution in [1.82, 2.24) is 5.48 Å². The van der Waals surface area contributed by atoms with Crippen LogP contribution in [0.4, 0.5) is 0 Å². The van der Waals surface area contributed by atoms with E-state index < -0.39 is 0 Å². The van der Waals surface area contributed by atoms with Crippen LogP contribution in [0.2, 0.25) is 0 Å². The van der Waals surface area contributed by atoms with Crippen LogP contribution in [-0.4, -0.2) is 18.7 Å². The van der Waals surface area contributed by atoms with E-state index in [9.17, 15) is 0 Å². The molecule has 0 spiro atoms. The standard InChI is InChI=1S/C19H24N2O/c20-18(12-16-9-5-2-6-10-16)19-13-17(14-21-22-19)11-15-7-3-1-4-8-15/h1-10,17-19,21H,11-14,20H2/t17-,18?,19-/m0/s1. The van der Waals surface area contributed by atoms with Gasteiger partial charge in [-0.15, -0.1) is 0 Å². The van der Waals surface area contributed by atoms with Crippen molar-refractivity contribution in [2.24, 2.45) is 11.7 Å². The molecule has 3 heteroatoms. The molecular weight excluding hydrogens is 272 g/mol. The molecule has 1 saturated heterocycles. The molecule has 1 fully saturated rings. The first kappa shape index (κ1) is 15.2. The van der Waals surface area contributed by atoms with Crippen molar-refractivity contribution in [1.29, 1.82) is 0 Å². The molecule has 1 aliphatic rings. The molecule has 2 aromatic carbocycles. The van der Waals surface area contributed by atoms with Crippen molar-refractivity contribution in [2.75, 3.05) is 6.54 Å². The van der Waals surface area contributed by atoms with Crippen molar-refractivity contribution in [3.05, 3.63) is 71.8 Å². The molecule has 0 aromatic heterocycles. The SMILES string of the molecule is NC(Cc1ccccc1)[C@@H]1C[C@H](Cc2ccccc2)CNO1. The maximum Gasteiger partial charge on any atom is 0.0947 e. The molecule has 116 valence electrons. The summed E-state index contributed by atoms with van der Waals surface area (Å²) >= 11 is 0. The zero-order valence-corrected chi connectivity index (χ0v) is 12.8. The lowest BCUT2D eigenvalue weighted by Crippen LogP contribution is -2.48. The first-order valence-corrected chi connectivity index (χ1v) is 8.03. The third-order valence-electron chi connectivity index (χ3n) is 4.33. The first-order valence-electron chi connectivity index (χ1n) is 8.03. The van der Waals surface area contributed by atoms with Crippen molar-refractivity contribution >= 4 is 0 Å². The van der Waals surface area contributed by atoms with Gasteiger partial charge in [-0.25, -0.2) is 5.48 Å². The molecule has 0 saturated carbocycles. The topological polar surface area (TPSA) is 47.3 Å². The Labute approximate surface area is 132 Å². The van der Waals surface area contributed by atoms with Crippen LogP contribution in [0, 0.1) is 5.92 Å². The van der Waals surface area contributed by atoms with Gasteiger partial charge in [0.15, 0.2) is 0 Å². The molecular formula is C19H24N2O. The highest BCUT2D eigenvalue weighted by atomic mass is 16.7. The van der Waals surface area contributed by atoms with Crippen molar-refractivity contribution in [2.45, 2.75) is 31.4 Å². The third-order valence-corrected chi connectivity index (χ3v) is 4.33. The Balaban J connectivity index is 1.56. The van der Waals surface area contributed by atoms with Gasteiger partial charge >= 0.3 is 0 Å². The quantitative estimate of drug-likeness (QED) is 0.892.